The van der Waals surface area contributed by atoms with E-state index in [2.05, 4.69) is 25.7 Å². The Morgan fingerprint density at radius 1 is 1.24 bits per heavy atom. The zero-order valence-electron chi connectivity index (χ0n) is 23.2. The Morgan fingerprint density at radius 2 is 1.76 bits per heavy atom. The zero-order chi connectivity index (χ0) is 29.2. The molecule has 2 amide bonds. The van der Waals surface area contributed by atoms with Crippen molar-refractivity contribution in [3.05, 3.63) is 58.8 Å². The summed E-state index contributed by atoms with van der Waals surface area (Å²) in [6.45, 7) is 17.0. The SMILES string of the molecule is C=CC.CCC.CCCN1C=C(CC)[C@](C)(c2ccc(CCC(C)C(F)(F)F)c(Cl)c2)NC1=O.O=CO. The second kappa shape index (κ2) is 18.7. The molecule has 9 heteroatoms. The Morgan fingerprint density at radius 3 is 2.16 bits per heavy atom. The Bertz CT molecular complexity index is 854. The van der Waals surface area contributed by atoms with Crippen molar-refractivity contribution in [3.63, 3.8) is 0 Å². The molecule has 0 aliphatic carbocycles. The third-order valence-corrected chi connectivity index (χ3v) is 5.80. The summed E-state index contributed by atoms with van der Waals surface area (Å²) in [4.78, 5) is 22.5. The molecule has 1 aliphatic heterocycles. The van der Waals surface area contributed by atoms with E-state index in [1.807, 2.05) is 40.0 Å². The van der Waals surface area contributed by atoms with E-state index in [4.69, 9.17) is 21.5 Å². The number of nitrogens with zero attached hydrogens (tertiary/aromatic N) is 1. The number of hydrogen-bond acceptors (Lipinski definition) is 2. The van der Waals surface area contributed by atoms with Crippen LogP contribution in [-0.2, 0) is 16.8 Å². The van der Waals surface area contributed by atoms with Crippen LogP contribution in [-0.4, -0.2) is 35.2 Å². The van der Waals surface area contributed by atoms with Crippen LogP contribution in [0.3, 0.4) is 0 Å². The van der Waals surface area contributed by atoms with E-state index < -0.39 is 17.6 Å². The maximum absolute atomic E-state index is 12.7. The number of carbonyl (C=O) groups is 2. The molecule has 37 heavy (non-hydrogen) atoms. The van der Waals surface area contributed by atoms with Gasteiger partial charge in [0.1, 0.15) is 0 Å². The first-order chi connectivity index (χ1) is 17.3. The average Bonchev–Trinajstić information content (AvgIpc) is 2.81. The molecule has 0 fully saturated rings. The second-order valence-electron chi connectivity index (χ2n) is 8.76. The van der Waals surface area contributed by atoms with Crippen molar-refractivity contribution in [2.75, 3.05) is 6.54 Å². The van der Waals surface area contributed by atoms with Crippen LogP contribution in [0.4, 0.5) is 18.0 Å². The van der Waals surface area contributed by atoms with Crippen LogP contribution in [0.1, 0.15) is 85.3 Å². The fourth-order valence-corrected chi connectivity index (χ4v) is 3.72. The summed E-state index contributed by atoms with van der Waals surface area (Å²) in [5.41, 5.74) is 1.86. The first-order valence-electron chi connectivity index (χ1n) is 12.6. The average molecular weight is 549 g/mol. The molecule has 0 radical (unpaired) electrons. The fourth-order valence-electron chi connectivity index (χ4n) is 3.45. The number of hydrogen-bond donors (Lipinski definition) is 2. The van der Waals surface area contributed by atoms with Crippen LogP contribution in [0.2, 0.25) is 5.02 Å². The van der Waals surface area contributed by atoms with Gasteiger partial charge in [-0.05, 0) is 62.3 Å². The normalized spacial score (nSPS) is 17.3. The Kier molecular flexibility index (Phi) is 18.6. The molecule has 0 aromatic heterocycles. The monoisotopic (exact) mass is 548 g/mol. The van der Waals surface area contributed by atoms with Gasteiger partial charge in [0, 0.05) is 17.8 Å². The van der Waals surface area contributed by atoms with Crippen LogP contribution in [0.5, 0.6) is 0 Å². The first kappa shape index (κ1) is 36.7. The van der Waals surface area contributed by atoms with Crippen molar-refractivity contribution in [1.82, 2.24) is 10.2 Å². The van der Waals surface area contributed by atoms with Crippen molar-refractivity contribution >= 4 is 24.1 Å². The predicted molar refractivity (Wildman–Crippen MR) is 147 cm³/mol. The Labute approximate surface area is 225 Å². The Hall–Kier alpha value is -2.48. The number of alkyl halides is 3. The van der Waals surface area contributed by atoms with Gasteiger partial charge < -0.3 is 15.3 Å². The summed E-state index contributed by atoms with van der Waals surface area (Å²) in [6.07, 6.45) is 2.55. The van der Waals surface area contributed by atoms with Crippen molar-refractivity contribution in [2.45, 2.75) is 92.3 Å². The van der Waals surface area contributed by atoms with Crippen LogP contribution in [0.25, 0.3) is 0 Å². The first-order valence-corrected chi connectivity index (χ1v) is 13.0. The van der Waals surface area contributed by atoms with Crippen molar-refractivity contribution in [2.24, 2.45) is 5.92 Å². The summed E-state index contributed by atoms with van der Waals surface area (Å²) < 4.78 is 38.2. The van der Waals surface area contributed by atoms with E-state index in [1.165, 1.54) is 13.3 Å². The minimum absolute atomic E-state index is 0.0112. The maximum atomic E-state index is 12.7. The number of carbonyl (C=O) groups excluding carboxylic acids is 1. The number of rotatable bonds is 7. The molecule has 2 N–H and O–H groups in total. The molecule has 5 nitrogen and oxygen atoms in total. The van der Waals surface area contributed by atoms with Gasteiger partial charge in [-0.25, -0.2) is 4.79 Å². The number of nitrogens with one attached hydrogen (secondary N) is 1. The highest BCUT2D eigenvalue weighted by molar-refractivity contribution is 6.31. The minimum Gasteiger partial charge on any atom is -0.483 e. The quantitative estimate of drug-likeness (QED) is 0.264. The molecule has 2 atom stereocenters. The summed E-state index contributed by atoms with van der Waals surface area (Å²) in [5, 5.41) is 10.4. The van der Waals surface area contributed by atoms with E-state index in [0.717, 1.165) is 24.0 Å². The molecule has 0 saturated heterocycles. The number of amides is 2. The lowest BCUT2D eigenvalue weighted by molar-refractivity contribution is -0.170. The maximum Gasteiger partial charge on any atom is 0.391 e. The van der Waals surface area contributed by atoms with Gasteiger partial charge in [-0.2, -0.15) is 13.2 Å². The number of allylic oxidation sites excluding steroid dienone is 1. The molecule has 0 bridgehead atoms. The largest absolute Gasteiger partial charge is 0.483 e. The van der Waals surface area contributed by atoms with E-state index in [0.29, 0.717) is 17.1 Å². The molecule has 1 aromatic rings. The number of urea groups is 1. The van der Waals surface area contributed by atoms with Crippen molar-refractivity contribution in [3.8, 4) is 0 Å². The van der Waals surface area contributed by atoms with Crippen LogP contribution in [0, 0.1) is 5.92 Å². The molecular weight excluding hydrogens is 505 g/mol. The molecule has 212 valence electrons. The lowest BCUT2D eigenvalue weighted by atomic mass is 9.81. The van der Waals surface area contributed by atoms with Crippen LogP contribution < -0.4 is 5.32 Å². The highest BCUT2D eigenvalue weighted by Crippen LogP contribution is 2.37. The standard InChI is InChI=1S/C21H28ClF3N2O.C3H8.C3H6.CH2O2/c1-5-11-27-13-16(6-2)20(4,26-19(27)28)17-10-9-15(18(22)12-17)8-7-14(3)21(23,24)25;2*1-3-2;2-1-3/h9-10,12-14H,5-8,11H2,1-4H3,(H,26,28);3H2,1-2H3;3H,1H2,2H3;1H,(H,2,3)/t14?,20-;;;/m1.../s1. The molecule has 0 spiro atoms. The van der Waals surface area contributed by atoms with Gasteiger partial charge in [-0.15, -0.1) is 6.58 Å². The molecule has 0 saturated carbocycles. The fraction of sp³-hybridized carbons (Fsp3) is 0.571. The third-order valence-electron chi connectivity index (χ3n) is 5.45. The number of benzene rings is 1. The minimum atomic E-state index is -4.20. The molecule has 1 heterocycles. The molecular formula is C28H44ClF3N2O3. The zero-order valence-corrected chi connectivity index (χ0v) is 24.0. The lowest BCUT2D eigenvalue weighted by Gasteiger charge is -2.40. The third kappa shape index (κ3) is 12.5. The second-order valence-corrected chi connectivity index (χ2v) is 9.17. The summed E-state index contributed by atoms with van der Waals surface area (Å²) >= 11 is 6.39. The summed E-state index contributed by atoms with van der Waals surface area (Å²) in [7, 11) is 0. The smallest absolute Gasteiger partial charge is 0.391 e. The molecule has 1 aliphatic rings. The van der Waals surface area contributed by atoms with Gasteiger partial charge in [0.2, 0.25) is 0 Å². The number of aryl methyl sites for hydroxylation is 1. The lowest BCUT2D eigenvalue weighted by Crippen LogP contribution is -2.53. The Balaban J connectivity index is 0. The summed E-state index contributed by atoms with van der Waals surface area (Å²) in [5.74, 6) is -1.38. The van der Waals surface area contributed by atoms with Crippen LogP contribution >= 0.6 is 11.6 Å². The predicted octanol–water partition coefficient (Wildman–Crippen LogP) is 8.72. The van der Waals surface area contributed by atoms with Gasteiger partial charge in [0.25, 0.3) is 6.47 Å². The van der Waals surface area contributed by atoms with E-state index in [9.17, 15) is 18.0 Å². The molecule has 2 rings (SSSR count). The van der Waals surface area contributed by atoms with Crippen LogP contribution in [0.15, 0.2) is 42.6 Å². The van der Waals surface area contributed by atoms with Gasteiger partial charge in [0.15, 0.2) is 0 Å². The van der Waals surface area contributed by atoms with Crippen molar-refractivity contribution in [1.29, 1.82) is 0 Å². The van der Waals surface area contributed by atoms with Gasteiger partial charge in [-0.3, -0.25) is 4.79 Å². The van der Waals surface area contributed by atoms with E-state index in [-0.39, 0.29) is 25.3 Å². The topological polar surface area (TPSA) is 69.6 Å². The summed E-state index contributed by atoms with van der Waals surface area (Å²) in [6, 6.07) is 5.21. The number of carboxylic acid groups (broad SMARTS) is 1. The highest BCUT2D eigenvalue weighted by atomic mass is 35.5. The van der Waals surface area contributed by atoms with E-state index in [1.54, 1.807) is 23.1 Å². The van der Waals surface area contributed by atoms with Gasteiger partial charge in [0.05, 0.1) is 11.5 Å². The van der Waals surface area contributed by atoms with E-state index >= 15 is 0 Å². The molecule has 1 unspecified atom stereocenters. The van der Waals surface area contributed by atoms with Gasteiger partial charge >= 0.3 is 12.2 Å². The van der Waals surface area contributed by atoms with Crippen molar-refractivity contribution < 1.29 is 27.9 Å². The highest BCUT2D eigenvalue weighted by Gasteiger charge is 2.38. The van der Waals surface area contributed by atoms with Gasteiger partial charge in [-0.1, -0.05) is 70.8 Å². The molecule has 1 aromatic carbocycles. The number of halogens is 4.